The molecule has 5 heteroatoms. The monoisotopic (exact) mass is 285 g/mol. The summed E-state index contributed by atoms with van der Waals surface area (Å²) in [7, 11) is 0. The number of rotatable bonds is 8. The van der Waals surface area contributed by atoms with Crippen LogP contribution in [0, 0.1) is 0 Å². The number of carbonyl (C=O) groups excluding carboxylic acids is 1. The highest BCUT2D eigenvalue weighted by Crippen LogP contribution is 2.23. The van der Waals surface area contributed by atoms with Gasteiger partial charge in [-0.15, -0.1) is 0 Å². The third-order valence-corrected chi connectivity index (χ3v) is 2.91. The Labute approximate surface area is 118 Å². The molecular formula is C15H21F2NO2. The van der Waals surface area contributed by atoms with Crippen molar-refractivity contribution in [1.82, 2.24) is 5.32 Å². The lowest BCUT2D eigenvalue weighted by Crippen LogP contribution is -2.25. The molecule has 3 nitrogen and oxygen atoms in total. The number of esters is 1. The summed E-state index contributed by atoms with van der Waals surface area (Å²) < 4.78 is 30.0. The first kappa shape index (κ1) is 16.6. The highest BCUT2D eigenvalue weighted by atomic mass is 19.3. The van der Waals surface area contributed by atoms with Crippen molar-refractivity contribution in [3.8, 4) is 0 Å². The molecule has 1 atom stereocenters. The van der Waals surface area contributed by atoms with E-state index < -0.39 is 6.43 Å². The molecule has 1 aromatic rings. The average Bonchev–Trinajstić information content (AvgIpc) is 2.44. The topological polar surface area (TPSA) is 38.3 Å². The lowest BCUT2D eigenvalue weighted by Gasteiger charge is -2.18. The first-order valence-corrected chi connectivity index (χ1v) is 6.85. The Morgan fingerprint density at radius 3 is 2.30 bits per heavy atom. The van der Waals surface area contributed by atoms with Crippen molar-refractivity contribution >= 4 is 5.97 Å². The molecule has 0 aliphatic carbocycles. The van der Waals surface area contributed by atoms with Gasteiger partial charge in [-0.05, 0) is 25.5 Å². The smallest absolute Gasteiger partial charge is 0.307 e. The molecule has 0 spiro atoms. The number of halogens is 2. The van der Waals surface area contributed by atoms with Crippen LogP contribution in [-0.2, 0) is 9.53 Å². The summed E-state index contributed by atoms with van der Waals surface area (Å²) in [4.78, 5) is 11.6. The Morgan fingerprint density at radius 2 is 1.80 bits per heavy atom. The van der Waals surface area contributed by atoms with Crippen molar-refractivity contribution in [3.05, 3.63) is 35.4 Å². The van der Waals surface area contributed by atoms with E-state index in [1.807, 2.05) is 6.92 Å². The minimum absolute atomic E-state index is 0.0147. The molecule has 0 aliphatic heterocycles. The van der Waals surface area contributed by atoms with E-state index in [9.17, 15) is 13.6 Å². The van der Waals surface area contributed by atoms with E-state index in [1.54, 1.807) is 19.1 Å². The second kappa shape index (κ2) is 8.64. The van der Waals surface area contributed by atoms with E-state index in [1.165, 1.54) is 12.1 Å². The van der Waals surface area contributed by atoms with Gasteiger partial charge in [0.15, 0.2) is 0 Å². The van der Waals surface area contributed by atoms with Crippen molar-refractivity contribution in [2.75, 3.05) is 13.2 Å². The van der Waals surface area contributed by atoms with E-state index in [0.717, 1.165) is 18.5 Å². The standard InChI is InChI=1S/C15H21F2NO2/c1-3-9-18-13(10-14(19)20-4-2)11-5-7-12(8-6-11)15(16)17/h5-8,13,15,18H,3-4,9-10H2,1-2H3. The van der Waals surface area contributed by atoms with Gasteiger partial charge in [0, 0.05) is 11.6 Å². The van der Waals surface area contributed by atoms with Gasteiger partial charge in [-0.2, -0.15) is 0 Å². The fraction of sp³-hybridized carbons (Fsp3) is 0.533. The molecule has 0 amide bonds. The SMILES string of the molecule is CCCNC(CC(=O)OCC)c1ccc(C(F)F)cc1. The molecule has 1 unspecified atom stereocenters. The molecule has 0 fully saturated rings. The fourth-order valence-corrected chi connectivity index (χ4v) is 1.89. The minimum Gasteiger partial charge on any atom is -0.466 e. The lowest BCUT2D eigenvalue weighted by molar-refractivity contribution is -0.143. The van der Waals surface area contributed by atoms with Gasteiger partial charge < -0.3 is 10.1 Å². The summed E-state index contributed by atoms with van der Waals surface area (Å²) in [6.07, 6.45) is -1.35. The van der Waals surface area contributed by atoms with Crippen molar-refractivity contribution in [2.24, 2.45) is 0 Å². The molecule has 0 heterocycles. The number of carbonyl (C=O) groups is 1. The number of benzene rings is 1. The molecule has 0 radical (unpaired) electrons. The predicted molar refractivity (Wildman–Crippen MR) is 73.7 cm³/mol. The van der Waals surface area contributed by atoms with E-state index >= 15 is 0 Å². The first-order valence-electron chi connectivity index (χ1n) is 6.85. The van der Waals surface area contributed by atoms with Crippen LogP contribution in [0.4, 0.5) is 8.78 Å². The summed E-state index contributed by atoms with van der Waals surface area (Å²) in [6.45, 7) is 4.86. The van der Waals surface area contributed by atoms with Crippen LogP contribution in [0.5, 0.6) is 0 Å². The maximum atomic E-state index is 12.5. The zero-order valence-electron chi connectivity index (χ0n) is 11.9. The quantitative estimate of drug-likeness (QED) is 0.741. The lowest BCUT2D eigenvalue weighted by atomic mass is 10.0. The Bertz CT molecular complexity index is 407. The molecule has 0 saturated carbocycles. The Hall–Kier alpha value is -1.49. The van der Waals surface area contributed by atoms with Crippen LogP contribution in [0.2, 0.25) is 0 Å². The summed E-state index contributed by atoms with van der Waals surface area (Å²) in [5, 5.41) is 3.24. The summed E-state index contributed by atoms with van der Waals surface area (Å²) in [5.74, 6) is -0.293. The average molecular weight is 285 g/mol. The Morgan fingerprint density at radius 1 is 1.20 bits per heavy atom. The number of hydrogen-bond donors (Lipinski definition) is 1. The van der Waals surface area contributed by atoms with Crippen molar-refractivity contribution in [2.45, 2.75) is 39.2 Å². The van der Waals surface area contributed by atoms with Gasteiger partial charge in [0.05, 0.1) is 13.0 Å². The van der Waals surface area contributed by atoms with Gasteiger partial charge in [-0.25, -0.2) is 8.78 Å². The van der Waals surface area contributed by atoms with E-state index in [4.69, 9.17) is 4.74 Å². The molecule has 1 aromatic carbocycles. The van der Waals surface area contributed by atoms with E-state index in [2.05, 4.69) is 5.32 Å². The molecule has 20 heavy (non-hydrogen) atoms. The van der Waals surface area contributed by atoms with Crippen LogP contribution < -0.4 is 5.32 Å². The van der Waals surface area contributed by atoms with Crippen molar-refractivity contribution in [1.29, 1.82) is 0 Å². The zero-order chi connectivity index (χ0) is 15.0. The number of ether oxygens (including phenoxy) is 1. The fourth-order valence-electron chi connectivity index (χ4n) is 1.89. The summed E-state index contributed by atoms with van der Waals surface area (Å²) >= 11 is 0. The summed E-state index contributed by atoms with van der Waals surface area (Å²) in [5.41, 5.74) is 0.801. The molecular weight excluding hydrogens is 264 g/mol. The van der Waals surface area contributed by atoms with Crippen LogP contribution in [0.25, 0.3) is 0 Å². The van der Waals surface area contributed by atoms with Crippen LogP contribution in [-0.4, -0.2) is 19.1 Å². The minimum atomic E-state index is -2.48. The van der Waals surface area contributed by atoms with Crippen LogP contribution in [0.15, 0.2) is 24.3 Å². The van der Waals surface area contributed by atoms with Crippen LogP contribution in [0.1, 0.15) is 50.3 Å². The molecule has 1 rings (SSSR count). The maximum Gasteiger partial charge on any atom is 0.307 e. The number of alkyl halides is 2. The maximum absolute atomic E-state index is 12.5. The molecule has 0 bridgehead atoms. The van der Waals surface area contributed by atoms with Gasteiger partial charge in [0.25, 0.3) is 6.43 Å². The predicted octanol–water partition coefficient (Wildman–Crippen LogP) is 3.62. The van der Waals surface area contributed by atoms with E-state index in [0.29, 0.717) is 6.61 Å². The third-order valence-electron chi connectivity index (χ3n) is 2.91. The van der Waals surface area contributed by atoms with Crippen molar-refractivity contribution < 1.29 is 18.3 Å². The van der Waals surface area contributed by atoms with Gasteiger partial charge in [0.1, 0.15) is 0 Å². The molecule has 1 N–H and O–H groups in total. The van der Waals surface area contributed by atoms with Gasteiger partial charge in [0.2, 0.25) is 0 Å². The van der Waals surface area contributed by atoms with E-state index in [-0.39, 0.29) is 24.0 Å². The Kier molecular flexibility index (Phi) is 7.15. The number of nitrogens with one attached hydrogen (secondary N) is 1. The molecule has 0 aliphatic rings. The van der Waals surface area contributed by atoms with Crippen LogP contribution >= 0.6 is 0 Å². The molecule has 0 saturated heterocycles. The summed E-state index contributed by atoms with van der Waals surface area (Å²) in [6, 6.07) is 5.85. The third kappa shape index (κ3) is 5.25. The highest BCUT2D eigenvalue weighted by Gasteiger charge is 2.17. The molecule has 0 aromatic heterocycles. The molecule has 112 valence electrons. The second-order valence-corrected chi connectivity index (χ2v) is 4.48. The number of hydrogen-bond acceptors (Lipinski definition) is 3. The largest absolute Gasteiger partial charge is 0.466 e. The Balaban J connectivity index is 2.78. The van der Waals surface area contributed by atoms with Gasteiger partial charge >= 0.3 is 5.97 Å². The highest BCUT2D eigenvalue weighted by molar-refractivity contribution is 5.70. The zero-order valence-corrected chi connectivity index (χ0v) is 11.9. The van der Waals surface area contributed by atoms with Gasteiger partial charge in [-0.3, -0.25) is 4.79 Å². The van der Waals surface area contributed by atoms with Crippen LogP contribution in [0.3, 0.4) is 0 Å². The normalized spacial score (nSPS) is 12.4. The van der Waals surface area contributed by atoms with Gasteiger partial charge in [-0.1, -0.05) is 31.2 Å². The second-order valence-electron chi connectivity index (χ2n) is 4.48. The van der Waals surface area contributed by atoms with Crippen molar-refractivity contribution in [3.63, 3.8) is 0 Å². The first-order chi connectivity index (χ1) is 9.58.